The van der Waals surface area contributed by atoms with Gasteiger partial charge < -0.3 is 10.2 Å². The Morgan fingerprint density at radius 2 is 1.80 bits per heavy atom. The first-order valence-corrected chi connectivity index (χ1v) is 1.63. The Morgan fingerprint density at radius 3 is 1.80 bits per heavy atom. The molecule has 0 fully saturated rings. The third-order valence-corrected chi connectivity index (χ3v) is 0.365. The Kier molecular flexibility index (Phi) is 2.23. The van der Waals surface area contributed by atoms with Crippen LogP contribution in [-0.4, -0.2) is 23.7 Å². The van der Waals surface area contributed by atoms with Crippen LogP contribution < -0.4 is 0 Å². The predicted molar refractivity (Wildman–Crippen MR) is 21.2 cm³/mol. The molecule has 0 rings (SSSR count). The summed E-state index contributed by atoms with van der Waals surface area (Å²) >= 11 is 0. The molecule has 0 saturated heterocycles. The number of hydrogen-bond donors (Lipinski definition) is 2. The molecule has 0 bridgehead atoms. The molecule has 0 saturated carbocycles. The van der Waals surface area contributed by atoms with Crippen LogP contribution in [0, 0.1) is 0 Å². The van der Waals surface area contributed by atoms with Crippen LogP contribution in [0.4, 0.5) is 0 Å². The van der Waals surface area contributed by atoms with Crippen LogP contribution in [0.5, 0.6) is 0 Å². The van der Waals surface area contributed by atoms with Crippen molar-refractivity contribution in [1.82, 2.24) is 0 Å². The van der Waals surface area contributed by atoms with Gasteiger partial charge in [0.15, 0.2) is 7.28 Å². The lowest BCUT2D eigenvalue weighted by molar-refractivity contribution is 0.0296. The molecule has 2 nitrogen and oxygen atoms in total. The highest BCUT2D eigenvalue weighted by Gasteiger charge is 1.87. The van der Waals surface area contributed by atoms with Gasteiger partial charge in [-0.05, 0) is 0 Å². The molecule has 0 heterocycles. The van der Waals surface area contributed by atoms with E-state index in [0.29, 0.717) is 7.28 Å². The second-order valence-electron chi connectivity index (χ2n) is 0.889. The van der Waals surface area contributed by atoms with E-state index in [0.717, 1.165) is 0 Å². The summed E-state index contributed by atoms with van der Waals surface area (Å²) in [5, 5.41) is 15.8. The van der Waals surface area contributed by atoms with Crippen molar-refractivity contribution in [2.24, 2.45) is 0 Å². The minimum Gasteiger partial charge on any atom is -0.377 e. The molecule has 0 aliphatic rings. The van der Waals surface area contributed by atoms with Crippen LogP contribution in [0.2, 0.25) is 6.82 Å². The van der Waals surface area contributed by atoms with Crippen LogP contribution in [0.15, 0.2) is 0 Å². The molecule has 2 N–H and O–H groups in total. The fraction of sp³-hybridized carbons (Fsp3) is 1.00. The van der Waals surface area contributed by atoms with Gasteiger partial charge in [0.25, 0.3) is 0 Å². The molecule has 0 atom stereocenters. The molecule has 5 heavy (non-hydrogen) atoms. The zero-order valence-electron chi connectivity index (χ0n) is 3.18. The first-order valence-electron chi connectivity index (χ1n) is 1.63. The molecule has 30 valence electrons. The molecular formula is C2H7BO2. The third kappa shape index (κ3) is 3.98. The number of aliphatic hydroxyl groups is 2. The first kappa shape index (κ1) is 4.98. The van der Waals surface area contributed by atoms with Gasteiger partial charge in [0.2, 0.25) is 0 Å². The summed E-state index contributed by atoms with van der Waals surface area (Å²) in [7, 11) is 0.417. The van der Waals surface area contributed by atoms with E-state index in [1.807, 2.05) is 0 Å². The van der Waals surface area contributed by atoms with Crippen molar-refractivity contribution < 1.29 is 10.2 Å². The SMILES string of the molecule is CBC(O)O. The molecule has 0 aromatic rings. The Hall–Kier alpha value is -0.0151. The lowest BCUT2D eigenvalue weighted by atomic mass is 9.82. The average molecular weight is 73.9 g/mol. The van der Waals surface area contributed by atoms with Crippen molar-refractivity contribution in [1.29, 1.82) is 0 Å². The van der Waals surface area contributed by atoms with Gasteiger partial charge in [0.1, 0.15) is 6.19 Å². The fourth-order valence-electron chi connectivity index (χ4n) is 0. The van der Waals surface area contributed by atoms with Crippen molar-refractivity contribution >= 4 is 7.28 Å². The zero-order valence-corrected chi connectivity index (χ0v) is 3.18. The maximum absolute atomic E-state index is 7.92. The van der Waals surface area contributed by atoms with E-state index >= 15 is 0 Å². The van der Waals surface area contributed by atoms with Gasteiger partial charge in [-0.1, -0.05) is 6.82 Å². The largest absolute Gasteiger partial charge is 0.377 e. The molecule has 3 heteroatoms. The van der Waals surface area contributed by atoms with Crippen LogP contribution in [0.25, 0.3) is 0 Å². The second kappa shape index (κ2) is 2.24. The molecular weight excluding hydrogens is 66.8 g/mol. The fourth-order valence-corrected chi connectivity index (χ4v) is 0. The van der Waals surface area contributed by atoms with E-state index in [-0.39, 0.29) is 0 Å². The summed E-state index contributed by atoms with van der Waals surface area (Å²) in [6.07, 6.45) is -1.12. The van der Waals surface area contributed by atoms with Crippen LogP contribution in [-0.2, 0) is 0 Å². The topological polar surface area (TPSA) is 40.5 Å². The van der Waals surface area contributed by atoms with E-state index in [1.54, 1.807) is 6.82 Å². The summed E-state index contributed by atoms with van der Waals surface area (Å²) in [6, 6.07) is 0. The minimum absolute atomic E-state index is 0.417. The standard InChI is InChI=1S/C2H7BO2/c1-3-2(4)5/h2-5H,1H3. The van der Waals surface area contributed by atoms with E-state index in [4.69, 9.17) is 10.2 Å². The highest BCUT2D eigenvalue weighted by Crippen LogP contribution is 1.62. The average Bonchev–Trinajstić information content (AvgIpc) is 1.38. The summed E-state index contributed by atoms with van der Waals surface area (Å²) < 4.78 is 0. The molecule has 0 amide bonds. The van der Waals surface area contributed by atoms with Gasteiger partial charge in [0.05, 0.1) is 0 Å². The Labute approximate surface area is 31.7 Å². The molecule has 0 aromatic carbocycles. The van der Waals surface area contributed by atoms with Gasteiger partial charge in [-0.15, -0.1) is 0 Å². The Balaban J connectivity index is 2.54. The first-order chi connectivity index (χ1) is 2.27. The van der Waals surface area contributed by atoms with Crippen molar-refractivity contribution in [3.63, 3.8) is 0 Å². The smallest absolute Gasteiger partial charge is 0.188 e. The highest BCUT2D eigenvalue weighted by atomic mass is 16.5. The van der Waals surface area contributed by atoms with Gasteiger partial charge in [-0.25, -0.2) is 0 Å². The van der Waals surface area contributed by atoms with Crippen molar-refractivity contribution in [3.05, 3.63) is 0 Å². The monoisotopic (exact) mass is 74.1 g/mol. The number of rotatable bonds is 1. The molecule has 0 aliphatic carbocycles. The van der Waals surface area contributed by atoms with E-state index < -0.39 is 6.19 Å². The lowest BCUT2D eigenvalue weighted by Crippen LogP contribution is -2.09. The number of hydrogen-bond acceptors (Lipinski definition) is 2. The van der Waals surface area contributed by atoms with E-state index in [1.165, 1.54) is 0 Å². The highest BCUT2D eigenvalue weighted by molar-refractivity contribution is 6.34. The quantitative estimate of drug-likeness (QED) is 0.301. The summed E-state index contributed by atoms with van der Waals surface area (Å²) in [5.74, 6) is 0. The third-order valence-electron chi connectivity index (χ3n) is 0.365. The lowest BCUT2D eigenvalue weighted by Gasteiger charge is -1.88. The van der Waals surface area contributed by atoms with Crippen LogP contribution in [0.1, 0.15) is 0 Å². The zero-order chi connectivity index (χ0) is 4.28. The summed E-state index contributed by atoms with van der Waals surface area (Å²) in [6.45, 7) is 1.70. The minimum atomic E-state index is -1.12. The maximum Gasteiger partial charge on any atom is 0.188 e. The van der Waals surface area contributed by atoms with Gasteiger partial charge >= 0.3 is 0 Å². The summed E-state index contributed by atoms with van der Waals surface area (Å²) in [5.41, 5.74) is 0. The summed E-state index contributed by atoms with van der Waals surface area (Å²) in [4.78, 5) is 0. The molecule has 0 unspecified atom stereocenters. The molecule has 0 aliphatic heterocycles. The molecule has 0 aromatic heterocycles. The van der Waals surface area contributed by atoms with Gasteiger partial charge in [-0.2, -0.15) is 0 Å². The maximum atomic E-state index is 7.92. The Bertz CT molecular complexity index is 21.6. The van der Waals surface area contributed by atoms with E-state index in [2.05, 4.69) is 0 Å². The van der Waals surface area contributed by atoms with Crippen molar-refractivity contribution in [2.45, 2.75) is 13.0 Å². The number of aliphatic hydroxyl groups excluding tert-OH is 1. The predicted octanol–water partition coefficient (Wildman–Crippen LogP) is -1.26. The Morgan fingerprint density at radius 1 is 1.60 bits per heavy atom. The van der Waals surface area contributed by atoms with E-state index in [9.17, 15) is 0 Å². The molecule has 0 spiro atoms. The van der Waals surface area contributed by atoms with Crippen molar-refractivity contribution in [2.75, 3.05) is 0 Å². The van der Waals surface area contributed by atoms with Crippen LogP contribution in [0.3, 0.4) is 0 Å². The van der Waals surface area contributed by atoms with Gasteiger partial charge in [-0.3, -0.25) is 0 Å². The van der Waals surface area contributed by atoms with Crippen LogP contribution >= 0.6 is 0 Å². The van der Waals surface area contributed by atoms with Crippen molar-refractivity contribution in [3.8, 4) is 0 Å². The molecule has 0 radical (unpaired) electrons. The normalized spacial score (nSPS) is 8.80. The second-order valence-corrected chi connectivity index (χ2v) is 0.889. The van der Waals surface area contributed by atoms with Gasteiger partial charge in [0, 0.05) is 0 Å².